The van der Waals surface area contributed by atoms with Crippen molar-refractivity contribution in [2.75, 3.05) is 32.7 Å². The summed E-state index contributed by atoms with van der Waals surface area (Å²) in [6.07, 6.45) is 1.20. The minimum atomic E-state index is -3.46. The average molecular weight is 402 g/mol. The molecule has 1 aromatic carbocycles. The molecule has 2 aliphatic rings. The zero-order valence-electron chi connectivity index (χ0n) is 15.3. The van der Waals surface area contributed by atoms with E-state index >= 15 is 0 Å². The first-order valence-corrected chi connectivity index (χ1v) is 10.4. The van der Waals surface area contributed by atoms with Gasteiger partial charge in [0, 0.05) is 44.7 Å². The third-order valence-electron chi connectivity index (χ3n) is 5.14. The Labute approximate surface area is 162 Å². The molecular formula is C18H28ClN3O3S. The molecule has 2 saturated heterocycles. The Morgan fingerprint density at radius 1 is 1.12 bits per heavy atom. The van der Waals surface area contributed by atoms with Crippen LogP contribution >= 0.6 is 12.4 Å². The molecule has 1 atom stereocenters. The van der Waals surface area contributed by atoms with Crippen molar-refractivity contribution in [2.45, 2.75) is 37.6 Å². The number of nitrogens with zero attached hydrogens (tertiary/aromatic N) is 2. The number of sulfonamides is 1. The van der Waals surface area contributed by atoms with Crippen molar-refractivity contribution in [3.8, 4) is 0 Å². The maximum absolute atomic E-state index is 12.7. The fraction of sp³-hybridized carbons (Fsp3) is 0.611. The monoisotopic (exact) mass is 401 g/mol. The summed E-state index contributed by atoms with van der Waals surface area (Å²) in [6, 6.07) is 7.26. The van der Waals surface area contributed by atoms with E-state index in [4.69, 9.17) is 0 Å². The lowest BCUT2D eigenvalue weighted by molar-refractivity contribution is -0.137. The van der Waals surface area contributed by atoms with Crippen molar-refractivity contribution in [1.29, 1.82) is 0 Å². The van der Waals surface area contributed by atoms with E-state index in [1.165, 1.54) is 4.31 Å². The van der Waals surface area contributed by atoms with Crippen molar-refractivity contribution in [2.24, 2.45) is 5.92 Å². The number of nitrogens with one attached hydrogen (secondary N) is 1. The van der Waals surface area contributed by atoms with Gasteiger partial charge in [0.15, 0.2) is 0 Å². The van der Waals surface area contributed by atoms with Gasteiger partial charge in [-0.25, -0.2) is 8.42 Å². The average Bonchev–Trinajstić information content (AvgIpc) is 2.61. The van der Waals surface area contributed by atoms with Crippen LogP contribution < -0.4 is 5.32 Å². The molecule has 2 aliphatic heterocycles. The number of halogens is 1. The van der Waals surface area contributed by atoms with E-state index in [0.717, 1.165) is 25.2 Å². The van der Waals surface area contributed by atoms with Crippen LogP contribution in [-0.2, 0) is 14.8 Å². The molecule has 2 fully saturated rings. The Morgan fingerprint density at radius 2 is 1.73 bits per heavy atom. The summed E-state index contributed by atoms with van der Waals surface area (Å²) in [5, 5.41) is 3.34. The van der Waals surface area contributed by atoms with Crippen molar-refractivity contribution < 1.29 is 13.2 Å². The fourth-order valence-electron chi connectivity index (χ4n) is 3.59. The quantitative estimate of drug-likeness (QED) is 0.835. The molecular weight excluding hydrogens is 374 g/mol. The van der Waals surface area contributed by atoms with Crippen molar-refractivity contribution >= 4 is 28.3 Å². The summed E-state index contributed by atoms with van der Waals surface area (Å²) in [7, 11) is -3.46. The van der Waals surface area contributed by atoms with Gasteiger partial charge in [0.2, 0.25) is 15.9 Å². The van der Waals surface area contributed by atoms with Gasteiger partial charge >= 0.3 is 0 Å². The molecule has 8 heteroatoms. The Bertz CT molecular complexity index is 716. The second kappa shape index (κ2) is 8.69. The molecule has 0 aliphatic carbocycles. The van der Waals surface area contributed by atoms with Crippen LogP contribution in [0.25, 0.3) is 0 Å². The van der Waals surface area contributed by atoms with E-state index in [2.05, 4.69) is 12.2 Å². The van der Waals surface area contributed by atoms with Gasteiger partial charge in [0.05, 0.1) is 4.90 Å². The Morgan fingerprint density at radius 3 is 2.31 bits per heavy atom. The number of benzene rings is 1. The number of amides is 1. The second-order valence-corrected chi connectivity index (χ2v) is 9.07. The third kappa shape index (κ3) is 4.57. The van der Waals surface area contributed by atoms with Gasteiger partial charge < -0.3 is 10.2 Å². The summed E-state index contributed by atoms with van der Waals surface area (Å²) < 4.78 is 27.0. The highest BCUT2D eigenvalue weighted by Crippen LogP contribution is 2.25. The van der Waals surface area contributed by atoms with Gasteiger partial charge in [-0.05, 0) is 38.8 Å². The molecule has 0 radical (unpaired) electrons. The number of hydrogen-bond donors (Lipinski definition) is 1. The van der Waals surface area contributed by atoms with Gasteiger partial charge in [0.1, 0.15) is 0 Å². The van der Waals surface area contributed by atoms with Crippen LogP contribution in [0.2, 0.25) is 0 Å². The van der Waals surface area contributed by atoms with Crippen LogP contribution in [0.1, 0.15) is 25.3 Å². The highest BCUT2D eigenvalue weighted by molar-refractivity contribution is 7.89. The summed E-state index contributed by atoms with van der Waals surface area (Å²) in [4.78, 5) is 15.0. The van der Waals surface area contributed by atoms with Crippen LogP contribution in [0.3, 0.4) is 0 Å². The van der Waals surface area contributed by atoms with Crippen LogP contribution in [0.4, 0.5) is 0 Å². The number of aryl methyl sites for hydroxylation is 1. The van der Waals surface area contributed by atoms with Gasteiger partial charge in [-0.2, -0.15) is 4.31 Å². The normalized spacial score (nSPS) is 22.7. The minimum absolute atomic E-state index is 0. The summed E-state index contributed by atoms with van der Waals surface area (Å²) in [5.41, 5.74) is 1.04. The van der Waals surface area contributed by atoms with Crippen LogP contribution in [-0.4, -0.2) is 62.3 Å². The first-order valence-electron chi connectivity index (χ1n) is 8.97. The van der Waals surface area contributed by atoms with Crippen LogP contribution in [0, 0.1) is 12.8 Å². The van der Waals surface area contributed by atoms with E-state index in [-0.39, 0.29) is 24.2 Å². The molecule has 6 nitrogen and oxygen atoms in total. The summed E-state index contributed by atoms with van der Waals surface area (Å²) >= 11 is 0. The first kappa shape index (κ1) is 21.2. The van der Waals surface area contributed by atoms with E-state index < -0.39 is 10.0 Å². The third-order valence-corrected chi connectivity index (χ3v) is 7.06. The molecule has 146 valence electrons. The van der Waals surface area contributed by atoms with Crippen LogP contribution in [0.15, 0.2) is 29.2 Å². The molecule has 1 aromatic rings. The van der Waals surface area contributed by atoms with Gasteiger partial charge in [-0.1, -0.05) is 17.7 Å². The first-order chi connectivity index (χ1) is 11.9. The van der Waals surface area contributed by atoms with Gasteiger partial charge in [0.25, 0.3) is 0 Å². The maximum Gasteiger partial charge on any atom is 0.243 e. The molecule has 0 bridgehead atoms. The molecule has 0 spiro atoms. The largest absolute Gasteiger partial charge is 0.340 e. The molecule has 1 N–H and O–H groups in total. The predicted octanol–water partition coefficient (Wildman–Crippen LogP) is 1.64. The standard InChI is InChI=1S/C18H27N3O3S.ClH/c1-14-3-5-17(6-4-14)25(23,24)21-10-7-16(8-11-21)18(22)20-12-9-19-15(2)13-20;/h3-6,15-16,19H,7-13H2,1-2H3;1H. The van der Waals surface area contributed by atoms with Gasteiger partial charge in [-0.15, -0.1) is 12.4 Å². The minimum Gasteiger partial charge on any atom is -0.340 e. The SMILES string of the molecule is Cc1ccc(S(=O)(=O)N2CCC(C(=O)N3CCNC(C)C3)CC2)cc1.Cl. The topological polar surface area (TPSA) is 69.7 Å². The van der Waals surface area contributed by atoms with Crippen LogP contribution in [0.5, 0.6) is 0 Å². The van der Waals surface area contributed by atoms with E-state index in [0.29, 0.717) is 36.9 Å². The summed E-state index contributed by atoms with van der Waals surface area (Å²) in [6.45, 7) is 7.14. The molecule has 2 heterocycles. The number of carbonyl (C=O) groups is 1. The maximum atomic E-state index is 12.7. The van der Waals surface area contributed by atoms with Crippen molar-refractivity contribution in [1.82, 2.24) is 14.5 Å². The number of hydrogen-bond acceptors (Lipinski definition) is 4. The zero-order valence-corrected chi connectivity index (χ0v) is 17.0. The zero-order chi connectivity index (χ0) is 18.0. The highest BCUT2D eigenvalue weighted by atomic mass is 35.5. The van der Waals surface area contributed by atoms with Gasteiger partial charge in [-0.3, -0.25) is 4.79 Å². The Balaban J connectivity index is 0.00000243. The van der Waals surface area contributed by atoms with Crippen molar-refractivity contribution in [3.05, 3.63) is 29.8 Å². The van der Waals surface area contributed by atoms with E-state index in [1.807, 2.05) is 24.0 Å². The predicted molar refractivity (Wildman–Crippen MR) is 104 cm³/mol. The molecule has 1 amide bonds. The number of piperidine rings is 1. The second-order valence-electron chi connectivity index (χ2n) is 7.13. The molecule has 26 heavy (non-hydrogen) atoms. The highest BCUT2D eigenvalue weighted by Gasteiger charge is 2.34. The number of rotatable bonds is 3. The smallest absolute Gasteiger partial charge is 0.243 e. The van der Waals surface area contributed by atoms with E-state index in [9.17, 15) is 13.2 Å². The lowest BCUT2D eigenvalue weighted by atomic mass is 9.96. The van der Waals surface area contributed by atoms with E-state index in [1.54, 1.807) is 12.1 Å². The summed E-state index contributed by atoms with van der Waals surface area (Å²) in [5.74, 6) is 0.121. The molecule has 0 saturated carbocycles. The number of carbonyl (C=O) groups excluding carboxylic acids is 1. The van der Waals surface area contributed by atoms with Crippen molar-refractivity contribution in [3.63, 3.8) is 0 Å². The lowest BCUT2D eigenvalue weighted by Gasteiger charge is -2.37. The Hall–Kier alpha value is -1.15. The Kier molecular flexibility index (Phi) is 7.07. The fourth-order valence-corrected chi connectivity index (χ4v) is 5.06. The molecule has 0 aromatic heterocycles. The lowest BCUT2D eigenvalue weighted by Crippen LogP contribution is -2.54. The molecule has 3 rings (SSSR count). The number of piperazine rings is 1. The molecule has 1 unspecified atom stereocenters.